The molecule has 0 heterocycles. The Bertz CT molecular complexity index is 419. The summed E-state index contributed by atoms with van der Waals surface area (Å²) < 4.78 is 15.0. The summed E-state index contributed by atoms with van der Waals surface area (Å²) in [6.45, 7) is 5.10. The van der Waals surface area contributed by atoms with Gasteiger partial charge in [-0.2, -0.15) is 0 Å². The number of hydrogen-bond donors (Lipinski definition) is 0. The molecule has 9 nitrogen and oxygen atoms in total. The van der Waals surface area contributed by atoms with Crippen molar-refractivity contribution in [3.63, 3.8) is 0 Å². The lowest BCUT2D eigenvalue weighted by atomic mass is 10.3. The van der Waals surface area contributed by atoms with Gasteiger partial charge in [0.25, 0.3) is 0 Å². The first-order valence-corrected chi connectivity index (χ1v) is 7.05. The van der Waals surface area contributed by atoms with Gasteiger partial charge in [-0.25, -0.2) is 0 Å². The van der Waals surface area contributed by atoms with E-state index >= 15 is 0 Å². The summed E-state index contributed by atoms with van der Waals surface area (Å²) in [5, 5.41) is 20.5. The number of rotatable bonds is 7. The van der Waals surface area contributed by atoms with Gasteiger partial charge in [0.15, 0.2) is 0 Å². The van der Waals surface area contributed by atoms with Gasteiger partial charge in [-0.15, -0.1) is 0 Å². The number of nitro benzene ring substituents is 2. The highest BCUT2D eigenvalue weighted by Crippen LogP contribution is 2.37. The Morgan fingerprint density at radius 2 is 1.38 bits per heavy atom. The molecule has 1 rings (SSSR count). The molecule has 1 aromatic carbocycles. The maximum atomic E-state index is 10.2. The van der Waals surface area contributed by atoms with E-state index in [0.29, 0.717) is 13.2 Å². The molecule has 0 aliphatic rings. The molecule has 118 valence electrons. The van der Waals surface area contributed by atoms with Gasteiger partial charge in [0.05, 0.1) is 23.1 Å². The van der Waals surface area contributed by atoms with Crippen LogP contribution in [-0.2, 0) is 13.6 Å². The Morgan fingerprint density at radius 1 is 1.00 bits per heavy atom. The fourth-order valence-corrected chi connectivity index (χ4v) is 1.83. The standard InChI is InChI=1S/C6H4N2O4.C5H13O3P/c9-7(10)5-3-1-2-4-6(5)8(11)12;1-4-7-9(6-3)8-5-2/h1-4H;4-5H2,1-3H3. The van der Waals surface area contributed by atoms with E-state index in [9.17, 15) is 20.2 Å². The van der Waals surface area contributed by atoms with Gasteiger partial charge in [0.1, 0.15) is 0 Å². The van der Waals surface area contributed by atoms with Crippen LogP contribution in [-0.4, -0.2) is 30.2 Å². The molecule has 0 N–H and O–H groups in total. The topological polar surface area (TPSA) is 114 Å². The van der Waals surface area contributed by atoms with Crippen molar-refractivity contribution in [1.82, 2.24) is 0 Å². The molecule has 0 bridgehead atoms. The molecule has 0 atom stereocenters. The van der Waals surface area contributed by atoms with Crippen molar-refractivity contribution in [3.05, 3.63) is 44.5 Å². The highest BCUT2D eigenvalue weighted by Gasteiger charge is 2.21. The second-order valence-corrected chi connectivity index (χ2v) is 4.57. The minimum absolute atomic E-state index is 0.484. The predicted molar refractivity (Wildman–Crippen MR) is 76.9 cm³/mol. The molecule has 10 heteroatoms. The van der Waals surface area contributed by atoms with Crippen LogP contribution in [0.3, 0.4) is 0 Å². The number of para-hydroxylation sites is 2. The summed E-state index contributed by atoms with van der Waals surface area (Å²) in [6, 6.07) is 4.95. The molecule has 0 unspecified atom stereocenters. The number of hydrogen-bond acceptors (Lipinski definition) is 7. The lowest BCUT2D eigenvalue weighted by Gasteiger charge is -2.10. The van der Waals surface area contributed by atoms with E-state index in [2.05, 4.69) is 0 Å². The van der Waals surface area contributed by atoms with Crippen LogP contribution in [0, 0.1) is 20.2 Å². The molecule has 21 heavy (non-hydrogen) atoms. The Balaban J connectivity index is 0.000000400. The second kappa shape index (κ2) is 11.0. The summed E-state index contributed by atoms with van der Waals surface area (Å²) >= 11 is 0. The average Bonchev–Trinajstić information content (AvgIpc) is 2.47. The van der Waals surface area contributed by atoms with Crippen molar-refractivity contribution < 1.29 is 23.4 Å². The van der Waals surface area contributed by atoms with Crippen molar-refractivity contribution in [3.8, 4) is 0 Å². The summed E-state index contributed by atoms with van der Waals surface area (Å²) in [5.74, 6) is 0. The van der Waals surface area contributed by atoms with Gasteiger partial charge in [0.2, 0.25) is 0 Å². The molecule has 0 aliphatic heterocycles. The maximum absolute atomic E-state index is 10.2. The third kappa shape index (κ3) is 7.62. The molecule has 1 aromatic rings. The number of nitro groups is 2. The Kier molecular flexibility index (Phi) is 10.2. The van der Waals surface area contributed by atoms with Crippen molar-refractivity contribution in [1.29, 1.82) is 0 Å². The second-order valence-electron chi connectivity index (χ2n) is 3.24. The molecular weight excluding hydrogens is 303 g/mol. The van der Waals surface area contributed by atoms with Crippen LogP contribution in [0.25, 0.3) is 0 Å². The van der Waals surface area contributed by atoms with Crippen molar-refractivity contribution in [2.45, 2.75) is 13.8 Å². The minimum Gasteiger partial charge on any atom is -0.316 e. The normalized spacial score (nSPS) is 9.90. The van der Waals surface area contributed by atoms with Gasteiger partial charge in [-0.05, 0) is 13.8 Å². The van der Waals surface area contributed by atoms with Crippen molar-refractivity contribution in [2.75, 3.05) is 20.3 Å². The quantitative estimate of drug-likeness (QED) is 0.429. The lowest BCUT2D eigenvalue weighted by Crippen LogP contribution is -1.95. The Labute approximate surface area is 123 Å². The molecule has 0 fully saturated rings. The van der Waals surface area contributed by atoms with E-state index in [0.717, 1.165) is 12.1 Å². The van der Waals surface area contributed by atoms with Crippen molar-refractivity contribution in [2.24, 2.45) is 0 Å². The van der Waals surface area contributed by atoms with Crippen molar-refractivity contribution >= 4 is 20.0 Å². The lowest BCUT2D eigenvalue weighted by molar-refractivity contribution is -0.422. The highest BCUT2D eigenvalue weighted by atomic mass is 31.2. The van der Waals surface area contributed by atoms with Crippen LogP contribution < -0.4 is 0 Å². The van der Waals surface area contributed by atoms with Crippen LogP contribution >= 0.6 is 8.60 Å². The summed E-state index contributed by atoms with van der Waals surface area (Å²) in [6.07, 6.45) is 0. The summed E-state index contributed by atoms with van der Waals surface area (Å²) in [7, 11) is 0.522. The third-order valence-corrected chi connectivity index (χ3v) is 3.13. The van der Waals surface area contributed by atoms with Gasteiger partial charge >= 0.3 is 20.0 Å². The van der Waals surface area contributed by atoms with Crippen LogP contribution in [0.5, 0.6) is 0 Å². The molecular formula is C11H17N2O7P. The van der Waals surface area contributed by atoms with Gasteiger partial charge < -0.3 is 13.6 Å². The fourth-order valence-electron chi connectivity index (χ4n) is 1.13. The van der Waals surface area contributed by atoms with Gasteiger partial charge in [-0.1, -0.05) is 12.1 Å². The summed E-state index contributed by atoms with van der Waals surface area (Å²) in [4.78, 5) is 18.9. The Morgan fingerprint density at radius 3 is 1.62 bits per heavy atom. The van der Waals surface area contributed by atoms with E-state index in [1.165, 1.54) is 12.1 Å². The van der Waals surface area contributed by atoms with E-state index in [-0.39, 0.29) is 0 Å². The van der Waals surface area contributed by atoms with E-state index in [4.69, 9.17) is 13.6 Å². The fraction of sp³-hybridized carbons (Fsp3) is 0.455. The van der Waals surface area contributed by atoms with Crippen LogP contribution in [0.15, 0.2) is 24.3 Å². The zero-order valence-electron chi connectivity index (χ0n) is 11.9. The summed E-state index contributed by atoms with van der Waals surface area (Å²) in [5.41, 5.74) is -0.968. The van der Waals surface area contributed by atoms with Crippen LogP contribution in [0.1, 0.15) is 13.8 Å². The van der Waals surface area contributed by atoms with Crippen LogP contribution in [0.4, 0.5) is 11.4 Å². The first-order valence-electron chi connectivity index (χ1n) is 5.95. The molecule has 0 aliphatic carbocycles. The molecule has 0 amide bonds. The first kappa shape index (κ1) is 19.3. The zero-order valence-corrected chi connectivity index (χ0v) is 12.8. The Hall–Kier alpha value is -1.67. The largest absolute Gasteiger partial charge is 0.346 e. The van der Waals surface area contributed by atoms with E-state index in [1.807, 2.05) is 13.8 Å². The molecule has 0 aromatic heterocycles. The monoisotopic (exact) mass is 320 g/mol. The first-order chi connectivity index (χ1) is 9.97. The third-order valence-electron chi connectivity index (χ3n) is 1.89. The zero-order chi connectivity index (χ0) is 16.3. The molecule has 0 saturated carbocycles. The van der Waals surface area contributed by atoms with E-state index in [1.54, 1.807) is 7.11 Å². The number of nitrogens with zero attached hydrogens (tertiary/aromatic N) is 2. The SMILES string of the molecule is CCOP(OC)OCC.O=[N+]([O-])c1ccccc1[N+](=O)[O-]. The maximum Gasteiger partial charge on any atom is 0.346 e. The highest BCUT2D eigenvalue weighted by molar-refractivity contribution is 7.41. The molecule has 0 spiro atoms. The van der Waals surface area contributed by atoms with Crippen LogP contribution in [0.2, 0.25) is 0 Å². The van der Waals surface area contributed by atoms with Gasteiger partial charge in [0, 0.05) is 19.2 Å². The average molecular weight is 320 g/mol. The smallest absolute Gasteiger partial charge is 0.316 e. The van der Waals surface area contributed by atoms with Gasteiger partial charge in [-0.3, -0.25) is 20.2 Å². The molecule has 0 radical (unpaired) electrons. The van der Waals surface area contributed by atoms with E-state index < -0.39 is 29.8 Å². The predicted octanol–water partition coefficient (Wildman–Crippen LogP) is 3.44. The number of benzene rings is 1. The molecule has 0 saturated heterocycles. The minimum atomic E-state index is -1.06.